The molecule has 142 valence electrons. The zero-order valence-electron chi connectivity index (χ0n) is 13.8. The van der Waals surface area contributed by atoms with E-state index in [9.17, 15) is 37.4 Å². The Labute approximate surface area is 150 Å². The summed E-state index contributed by atoms with van der Waals surface area (Å²) in [5, 5.41) is 19.1. The lowest BCUT2D eigenvalue weighted by Crippen LogP contribution is -2.32. The molecule has 27 heavy (non-hydrogen) atoms. The minimum absolute atomic E-state index is 0.0506. The van der Waals surface area contributed by atoms with Crippen molar-refractivity contribution in [2.24, 2.45) is 10.9 Å². The summed E-state index contributed by atoms with van der Waals surface area (Å²) in [6.45, 7) is 1.45. The van der Waals surface area contributed by atoms with E-state index in [0.29, 0.717) is 0 Å². The summed E-state index contributed by atoms with van der Waals surface area (Å²) in [7, 11) is 0. The Morgan fingerprint density at radius 2 is 1.70 bits per heavy atom. The van der Waals surface area contributed by atoms with Crippen molar-refractivity contribution in [2.75, 3.05) is 0 Å². The highest BCUT2D eigenvalue weighted by molar-refractivity contribution is 6.24. The predicted molar refractivity (Wildman–Crippen MR) is 87.2 cm³/mol. The predicted octanol–water partition coefficient (Wildman–Crippen LogP) is 4.01. The van der Waals surface area contributed by atoms with Gasteiger partial charge in [0.2, 0.25) is 0 Å². The first-order chi connectivity index (χ1) is 12.7. The summed E-state index contributed by atoms with van der Waals surface area (Å²) in [6, 6.07) is 5.69. The third kappa shape index (κ3) is 3.97. The number of aliphatic imine (C=N–C) groups is 1. The highest BCUT2D eigenvalue weighted by Crippen LogP contribution is 2.28. The molecule has 0 bridgehead atoms. The molecule has 0 saturated carbocycles. The zero-order valence-corrected chi connectivity index (χ0v) is 13.8. The average Bonchev–Trinajstić information content (AvgIpc) is 2.63. The van der Waals surface area contributed by atoms with Crippen LogP contribution in [-0.2, 0) is 4.79 Å². The van der Waals surface area contributed by atoms with E-state index in [1.165, 1.54) is 31.2 Å². The molecule has 2 aromatic rings. The maximum atomic E-state index is 13.9. The van der Waals surface area contributed by atoms with Gasteiger partial charge in [0.15, 0.2) is 35.0 Å². The summed E-state index contributed by atoms with van der Waals surface area (Å²) in [6.07, 6.45) is -0.106. The van der Waals surface area contributed by atoms with Gasteiger partial charge in [-0.25, -0.2) is 17.6 Å². The van der Waals surface area contributed by atoms with Gasteiger partial charge in [-0.3, -0.25) is 14.6 Å². The molecule has 0 saturated heterocycles. The lowest BCUT2D eigenvalue weighted by molar-refractivity contribution is -0.138. The molecule has 2 rings (SSSR count). The normalized spacial score (nSPS) is 12.7. The van der Waals surface area contributed by atoms with Gasteiger partial charge in [0.25, 0.3) is 0 Å². The van der Waals surface area contributed by atoms with Crippen molar-refractivity contribution >= 4 is 23.2 Å². The second-order valence-corrected chi connectivity index (χ2v) is 5.43. The lowest BCUT2D eigenvalue weighted by Gasteiger charge is -2.15. The number of nitrogens with zero attached hydrogens (tertiary/aromatic N) is 1. The number of aliphatic carboxylic acids is 1. The zero-order chi connectivity index (χ0) is 20.3. The number of phenols is 1. The van der Waals surface area contributed by atoms with Gasteiger partial charge in [-0.1, -0.05) is 19.1 Å². The summed E-state index contributed by atoms with van der Waals surface area (Å²) < 4.78 is 53.8. The molecule has 0 aliphatic carbocycles. The van der Waals surface area contributed by atoms with E-state index >= 15 is 0 Å². The molecular formula is C18H13F4NO4. The summed E-state index contributed by atoms with van der Waals surface area (Å²) in [5.41, 5.74) is -1.60. The van der Waals surface area contributed by atoms with Gasteiger partial charge in [0, 0.05) is 5.71 Å². The Bertz CT molecular complexity index is 943. The van der Waals surface area contributed by atoms with Crippen LogP contribution in [0.5, 0.6) is 5.75 Å². The Hall–Kier alpha value is -3.23. The van der Waals surface area contributed by atoms with Gasteiger partial charge in [0.1, 0.15) is 11.4 Å². The maximum absolute atomic E-state index is 13.9. The number of carbonyl (C=O) groups excluding carboxylic acids is 1. The highest BCUT2D eigenvalue weighted by atomic mass is 19.2. The van der Waals surface area contributed by atoms with Crippen molar-refractivity contribution in [1.82, 2.24) is 0 Å². The number of hydrogen-bond donors (Lipinski definition) is 2. The van der Waals surface area contributed by atoms with Crippen molar-refractivity contribution in [3.8, 4) is 5.75 Å². The van der Waals surface area contributed by atoms with E-state index in [1.807, 2.05) is 0 Å². The fourth-order valence-electron chi connectivity index (χ4n) is 2.37. The Morgan fingerprint density at radius 3 is 2.26 bits per heavy atom. The number of carboxylic acids is 1. The van der Waals surface area contributed by atoms with Crippen molar-refractivity contribution < 1.29 is 37.4 Å². The number of Topliss-reactive ketones (excluding diaryl/α,β-unsaturated/α-hetero) is 1. The summed E-state index contributed by atoms with van der Waals surface area (Å²) >= 11 is 0. The highest BCUT2D eigenvalue weighted by Gasteiger charge is 2.35. The average molecular weight is 383 g/mol. The van der Waals surface area contributed by atoms with Crippen LogP contribution < -0.4 is 0 Å². The monoisotopic (exact) mass is 383 g/mol. The molecule has 9 heteroatoms. The van der Waals surface area contributed by atoms with Crippen molar-refractivity contribution in [1.29, 1.82) is 0 Å². The Kier molecular flexibility index (Phi) is 5.94. The van der Waals surface area contributed by atoms with Gasteiger partial charge in [-0.2, -0.15) is 0 Å². The van der Waals surface area contributed by atoms with Crippen LogP contribution in [0.15, 0.2) is 35.3 Å². The molecule has 0 fully saturated rings. The number of rotatable bonds is 6. The minimum Gasteiger partial charge on any atom is -0.506 e. The smallest absolute Gasteiger partial charge is 0.320 e. The van der Waals surface area contributed by atoms with Crippen LogP contribution >= 0.6 is 0 Å². The van der Waals surface area contributed by atoms with Gasteiger partial charge >= 0.3 is 5.97 Å². The topological polar surface area (TPSA) is 87.0 Å². The number of carboxylic acid groups (broad SMARTS) is 1. The molecule has 0 aliphatic heterocycles. The first-order valence-electron chi connectivity index (χ1n) is 7.64. The van der Waals surface area contributed by atoms with Crippen LogP contribution in [0, 0.1) is 29.2 Å². The van der Waals surface area contributed by atoms with E-state index in [-0.39, 0.29) is 29.6 Å². The molecule has 5 nitrogen and oxygen atoms in total. The quantitative estimate of drug-likeness (QED) is 0.197. The minimum atomic E-state index is -2.22. The van der Waals surface area contributed by atoms with Crippen LogP contribution in [0.3, 0.4) is 0 Å². The van der Waals surface area contributed by atoms with E-state index in [2.05, 4.69) is 4.99 Å². The maximum Gasteiger partial charge on any atom is 0.320 e. The first-order valence-corrected chi connectivity index (χ1v) is 7.64. The largest absolute Gasteiger partial charge is 0.506 e. The molecule has 1 unspecified atom stereocenters. The van der Waals surface area contributed by atoms with Crippen molar-refractivity contribution in [2.45, 2.75) is 13.3 Å². The molecule has 0 spiro atoms. The van der Waals surface area contributed by atoms with Crippen LogP contribution in [0.2, 0.25) is 0 Å². The van der Waals surface area contributed by atoms with Gasteiger partial charge < -0.3 is 10.2 Å². The van der Waals surface area contributed by atoms with E-state index in [0.717, 1.165) is 0 Å². The van der Waals surface area contributed by atoms with Crippen molar-refractivity contribution in [3.05, 3.63) is 59.2 Å². The second kappa shape index (κ2) is 7.98. The van der Waals surface area contributed by atoms with E-state index in [4.69, 9.17) is 0 Å². The molecule has 0 aliphatic rings. The standard InChI is InChI=1S/C18H13F4NO4/c1-2-10(23-11-5-3-4-6-12(11)24)13(18(26)27)17(25)8-7-9(19)15(21)16(22)14(8)20/h3-7,13,24H,2H2,1H3,(H,26,27). The molecule has 2 N–H and O–H groups in total. The number of para-hydroxylation sites is 2. The number of carbonyl (C=O) groups is 2. The Morgan fingerprint density at radius 1 is 1.07 bits per heavy atom. The van der Waals surface area contributed by atoms with E-state index < -0.39 is 46.5 Å². The van der Waals surface area contributed by atoms with Crippen LogP contribution in [0.25, 0.3) is 0 Å². The molecule has 0 amide bonds. The van der Waals surface area contributed by atoms with E-state index in [1.54, 1.807) is 0 Å². The Balaban J connectivity index is 2.59. The number of halogens is 4. The number of ketones is 1. The number of benzene rings is 2. The molecule has 0 radical (unpaired) electrons. The molecule has 0 heterocycles. The summed E-state index contributed by atoms with van der Waals surface area (Å²) in [5.74, 6) is -13.8. The van der Waals surface area contributed by atoms with Gasteiger partial charge in [0.05, 0.1) is 5.56 Å². The first kappa shape index (κ1) is 20.1. The third-order valence-corrected chi connectivity index (χ3v) is 3.72. The summed E-state index contributed by atoms with van der Waals surface area (Å²) in [4.78, 5) is 28.0. The SMILES string of the molecule is CCC(=Nc1ccccc1O)C(C(=O)O)C(=O)c1cc(F)c(F)c(F)c1F. The lowest BCUT2D eigenvalue weighted by atomic mass is 9.91. The van der Waals surface area contributed by atoms with Gasteiger partial charge in [-0.15, -0.1) is 0 Å². The van der Waals surface area contributed by atoms with Crippen molar-refractivity contribution in [3.63, 3.8) is 0 Å². The molecular weight excluding hydrogens is 370 g/mol. The fraction of sp³-hybridized carbons (Fsp3) is 0.167. The molecule has 1 atom stereocenters. The number of hydrogen-bond acceptors (Lipinski definition) is 4. The molecule has 0 aromatic heterocycles. The second-order valence-electron chi connectivity index (χ2n) is 5.43. The van der Waals surface area contributed by atoms with Crippen LogP contribution in [0.1, 0.15) is 23.7 Å². The van der Waals surface area contributed by atoms with Crippen LogP contribution in [-0.4, -0.2) is 27.7 Å². The van der Waals surface area contributed by atoms with Gasteiger partial charge in [-0.05, 0) is 24.6 Å². The third-order valence-electron chi connectivity index (χ3n) is 3.72. The number of aromatic hydroxyl groups is 1. The fourth-order valence-corrected chi connectivity index (χ4v) is 2.37. The molecule has 2 aromatic carbocycles. The van der Waals surface area contributed by atoms with Crippen LogP contribution in [0.4, 0.5) is 23.2 Å². The number of phenolic OH excluding ortho intramolecular Hbond substituents is 1.